The van der Waals surface area contributed by atoms with Crippen molar-refractivity contribution in [1.29, 1.82) is 0 Å². The van der Waals surface area contributed by atoms with Crippen molar-refractivity contribution in [2.24, 2.45) is 0 Å². The van der Waals surface area contributed by atoms with Crippen molar-refractivity contribution in [2.45, 2.75) is 32.2 Å². The van der Waals surface area contributed by atoms with Crippen LogP contribution in [0.25, 0.3) is 27.8 Å². The van der Waals surface area contributed by atoms with E-state index in [4.69, 9.17) is 0 Å². The van der Waals surface area contributed by atoms with Gasteiger partial charge in [0.15, 0.2) is 0 Å². The third kappa shape index (κ3) is 3.42. The van der Waals surface area contributed by atoms with Gasteiger partial charge in [0.1, 0.15) is 6.54 Å². The maximum atomic E-state index is 2.46. The molecule has 0 saturated heterocycles. The van der Waals surface area contributed by atoms with E-state index in [0.717, 1.165) is 13.1 Å². The largest absolute Gasteiger partial charge is 1.00 e. The minimum absolute atomic E-state index is 0. The van der Waals surface area contributed by atoms with E-state index in [2.05, 4.69) is 103 Å². The molecule has 0 saturated carbocycles. The lowest BCUT2D eigenvalue weighted by atomic mass is 10.1. The van der Waals surface area contributed by atoms with Gasteiger partial charge in [-0.05, 0) is 44.4 Å². The summed E-state index contributed by atoms with van der Waals surface area (Å²) in [5.74, 6) is 0. The number of rotatable bonds is 3. The molecule has 0 fully saturated rings. The lowest BCUT2D eigenvalue weighted by molar-refractivity contribution is -0.669. The van der Waals surface area contributed by atoms with Crippen LogP contribution in [0.15, 0.2) is 76.7 Å². The highest BCUT2D eigenvalue weighted by atomic mass is 79.9. The molecule has 0 aliphatic carbocycles. The number of nitrogens with zero attached hydrogens (tertiary/aromatic N) is 2. The van der Waals surface area contributed by atoms with Crippen LogP contribution in [0, 0.1) is 6.92 Å². The highest BCUT2D eigenvalue weighted by molar-refractivity contribution is 8.04. The second kappa shape index (κ2) is 8.44. The molecular weight excluding hydrogens is 452 g/mol. The van der Waals surface area contributed by atoms with Gasteiger partial charge in [-0.15, -0.1) is 0 Å². The Morgan fingerprint density at radius 3 is 2.53 bits per heavy atom. The summed E-state index contributed by atoms with van der Waals surface area (Å²) in [6.45, 7) is 8.53. The molecule has 0 amide bonds. The zero-order valence-corrected chi connectivity index (χ0v) is 19.9. The van der Waals surface area contributed by atoms with E-state index in [1.54, 1.807) is 0 Å². The van der Waals surface area contributed by atoms with Crippen molar-refractivity contribution in [3.63, 3.8) is 0 Å². The molecule has 3 aromatic carbocycles. The van der Waals surface area contributed by atoms with E-state index in [1.807, 2.05) is 11.8 Å². The first-order valence-corrected chi connectivity index (χ1v) is 11.1. The molecule has 0 spiro atoms. The maximum Gasteiger partial charge on any atom is 0.212 e. The molecule has 2 heterocycles. The molecule has 0 N–H and O–H groups in total. The van der Waals surface area contributed by atoms with Gasteiger partial charge in [0, 0.05) is 40.4 Å². The fraction of sp³-hybridized carbons (Fsp3) is 0.192. The summed E-state index contributed by atoms with van der Waals surface area (Å²) in [5.41, 5.74) is 5.20. The molecule has 4 heteroatoms. The minimum atomic E-state index is 0. The minimum Gasteiger partial charge on any atom is -1.00 e. The number of thioether (sulfide) groups is 1. The molecule has 1 aliphatic rings. The SMILES string of the molecule is CCN1/C(=C/c2ccc3cc(C)ccc3[n+]2CC)Sc2ccc3ccccc3c21.[Br-]. The fourth-order valence-electron chi connectivity index (χ4n) is 4.36. The highest BCUT2D eigenvalue weighted by Crippen LogP contribution is 2.49. The van der Waals surface area contributed by atoms with Gasteiger partial charge < -0.3 is 21.9 Å². The quantitative estimate of drug-likeness (QED) is 0.417. The van der Waals surface area contributed by atoms with Gasteiger partial charge in [-0.1, -0.05) is 53.7 Å². The average Bonchev–Trinajstić information content (AvgIpc) is 3.11. The molecule has 0 unspecified atom stereocenters. The van der Waals surface area contributed by atoms with Crippen molar-refractivity contribution < 1.29 is 21.5 Å². The van der Waals surface area contributed by atoms with E-state index in [1.165, 1.54) is 48.5 Å². The predicted molar refractivity (Wildman–Crippen MR) is 125 cm³/mol. The van der Waals surface area contributed by atoms with E-state index in [0.29, 0.717) is 0 Å². The Morgan fingerprint density at radius 1 is 0.933 bits per heavy atom. The van der Waals surface area contributed by atoms with E-state index in [-0.39, 0.29) is 17.0 Å². The Morgan fingerprint density at radius 2 is 1.73 bits per heavy atom. The Bertz CT molecular complexity index is 1280. The lowest BCUT2D eigenvalue weighted by Gasteiger charge is -2.19. The van der Waals surface area contributed by atoms with Crippen LogP contribution in [-0.4, -0.2) is 6.54 Å². The summed E-state index contributed by atoms with van der Waals surface area (Å²) >= 11 is 1.88. The standard InChI is InChI=1S/C26H25N2S.BrH/c1-4-27-21(13-11-20-16-18(3)10-14-23(20)27)17-25-28(5-2)26-22-9-7-6-8-19(22)12-15-24(26)29-25;/h6-17H,4-5H2,1-3H3;1H/q+1;/p-1. The van der Waals surface area contributed by atoms with Crippen LogP contribution in [-0.2, 0) is 6.54 Å². The van der Waals surface area contributed by atoms with Crippen LogP contribution in [0.4, 0.5) is 5.69 Å². The van der Waals surface area contributed by atoms with E-state index >= 15 is 0 Å². The molecule has 1 aromatic heterocycles. The Balaban J connectivity index is 0.00000218. The second-order valence-corrected chi connectivity index (χ2v) is 8.59. The molecule has 5 rings (SSSR count). The van der Waals surface area contributed by atoms with Crippen molar-refractivity contribution in [3.05, 3.63) is 83.0 Å². The smallest absolute Gasteiger partial charge is 0.212 e. The second-order valence-electron chi connectivity index (χ2n) is 7.53. The molecule has 2 nitrogen and oxygen atoms in total. The number of halogens is 1. The summed E-state index contributed by atoms with van der Waals surface area (Å²) in [6, 6.07) is 24.4. The summed E-state index contributed by atoms with van der Waals surface area (Å²) in [6.07, 6.45) is 2.35. The topological polar surface area (TPSA) is 7.12 Å². The van der Waals surface area contributed by atoms with Gasteiger partial charge in [0.2, 0.25) is 11.2 Å². The predicted octanol–water partition coefficient (Wildman–Crippen LogP) is 3.54. The van der Waals surface area contributed by atoms with Crippen LogP contribution in [0.5, 0.6) is 0 Å². The first-order valence-electron chi connectivity index (χ1n) is 10.3. The zero-order chi connectivity index (χ0) is 20.0. The van der Waals surface area contributed by atoms with Crippen LogP contribution < -0.4 is 26.4 Å². The molecule has 4 aromatic rings. The van der Waals surface area contributed by atoms with Crippen molar-refractivity contribution >= 4 is 45.2 Å². The Labute approximate surface area is 193 Å². The number of anilines is 1. The molecular formula is C26H25BrN2S. The lowest BCUT2D eigenvalue weighted by Crippen LogP contribution is -3.00. The maximum absolute atomic E-state index is 2.46. The summed E-state index contributed by atoms with van der Waals surface area (Å²) in [5, 5.41) is 5.23. The van der Waals surface area contributed by atoms with Gasteiger partial charge >= 0.3 is 0 Å². The summed E-state index contributed by atoms with van der Waals surface area (Å²) in [7, 11) is 0. The molecule has 30 heavy (non-hydrogen) atoms. The number of pyridine rings is 1. The first kappa shape index (κ1) is 21.0. The number of aryl methyl sites for hydroxylation is 2. The molecule has 0 atom stereocenters. The number of hydrogen-bond acceptors (Lipinski definition) is 2. The van der Waals surface area contributed by atoms with Gasteiger partial charge in [0.05, 0.1) is 10.7 Å². The normalized spacial score (nSPS) is 14.4. The van der Waals surface area contributed by atoms with Gasteiger partial charge in [0.25, 0.3) is 0 Å². The van der Waals surface area contributed by atoms with Gasteiger partial charge in [-0.25, -0.2) is 0 Å². The first-order chi connectivity index (χ1) is 14.2. The summed E-state index contributed by atoms with van der Waals surface area (Å²) < 4.78 is 2.41. The zero-order valence-electron chi connectivity index (χ0n) is 17.5. The van der Waals surface area contributed by atoms with Gasteiger partial charge in [-0.3, -0.25) is 0 Å². The molecule has 152 valence electrons. The fourth-order valence-corrected chi connectivity index (χ4v) is 5.55. The Kier molecular flexibility index (Phi) is 5.90. The van der Waals surface area contributed by atoms with Crippen LogP contribution in [0.3, 0.4) is 0 Å². The number of fused-ring (bicyclic) bond motifs is 4. The number of aromatic nitrogens is 1. The monoisotopic (exact) mass is 476 g/mol. The third-order valence-corrected chi connectivity index (χ3v) is 6.83. The Hall–Kier alpha value is -2.30. The van der Waals surface area contributed by atoms with E-state index < -0.39 is 0 Å². The number of benzene rings is 3. The van der Waals surface area contributed by atoms with Gasteiger partial charge in [-0.2, -0.15) is 4.57 Å². The highest BCUT2D eigenvalue weighted by Gasteiger charge is 2.27. The number of hydrogen-bond donors (Lipinski definition) is 0. The van der Waals surface area contributed by atoms with Crippen LogP contribution in [0.2, 0.25) is 0 Å². The van der Waals surface area contributed by atoms with E-state index in [9.17, 15) is 0 Å². The molecule has 0 bridgehead atoms. The van der Waals surface area contributed by atoms with Crippen molar-refractivity contribution in [3.8, 4) is 0 Å². The third-order valence-electron chi connectivity index (χ3n) is 5.74. The van der Waals surface area contributed by atoms with Crippen LogP contribution in [0.1, 0.15) is 25.1 Å². The average molecular weight is 477 g/mol. The van der Waals surface area contributed by atoms with Crippen molar-refractivity contribution in [2.75, 3.05) is 11.4 Å². The molecule has 1 aliphatic heterocycles. The summed E-state index contributed by atoms with van der Waals surface area (Å²) in [4.78, 5) is 3.80. The molecule has 0 radical (unpaired) electrons. The van der Waals surface area contributed by atoms with Crippen LogP contribution >= 0.6 is 11.8 Å². The van der Waals surface area contributed by atoms with Crippen molar-refractivity contribution in [1.82, 2.24) is 0 Å².